The van der Waals surface area contributed by atoms with Gasteiger partial charge in [-0.15, -0.1) is 0 Å². The predicted molar refractivity (Wildman–Crippen MR) is 96.9 cm³/mol. The number of carbonyl (C=O) groups is 3. The number of amides is 2. The van der Waals surface area contributed by atoms with Crippen LogP contribution in [0.1, 0.15) is 24.0 Å². The van der Waals surface area contributed by atoms with E-state index < -0.39 is 5.92 Å². The molecule has 0 bridgehead atoms. The van der Waals surface area contributed by atoms with E-state index in [0.29, 0.717) is 5.69 Å². The van der Waals surface area contributed by atoms with Crippen molar-refractivity contribution in [2.45, 2.75) is 19.8 Å². The number of nitrogens with zero attached hydrogens (tertiary/aromatic N) is 1. The van der Waals surface area contributed by atoms with Crippen LogP contribution in [0.3, 0.4) is 0 Å². The molecule has 0 spiro atoms. The van der Waals surface area contributed by atoms with Crippen LogP contribution in [0.15, 0.2) is 60.7 Å². The smallest absolute Gasteiger partial charge is 0.237 e. The average molecular weight is 333 g/mol. The van der Waals surface area contributed by atoms with Gasteiger partial charge in [0.1, 0.15) is 0 Å². The molecule has 2 aromatic carbocycles. The average Bonchev–Trinajstić information content (AvgIpc) is 2.89. The Bertz CT molecular complexity index is 822. The van der Waals surface area contributed by atoms with E-state index in [9.17, 15) is 14.4 Å². The molecule has 0 saturated carbocycles. The summed E-state index contributed by atoms with van der Waals surface area (Å²) in [5.41, 5.74) is 2.54. The molecule has 0 radical (unpaired) electrons. The van der Waals surface area contributed by atoms with Gasteiger partial charge < -0.3 is 0 Å². The lowest BCUT2D eigenvalue weighted by atomic mass is 10.0. The zero-order chi connectivity index (χ0) is 17.8. The molecule has 4 heteroatoms. The lowest BCUT2D eigenvalue weighted by molar-refractivity contribution is -0.124. The number of ketones is 1. The summed E-state index contributed by atoms with van der Waals surface area (Å²) in [7, 11) is 0. The highest BCUT2D eigenvalue weighted by Crippen LogP contribution is 2.28. The molecule has 1 fully saturated rings. The van der Waals surface area contributed by atoms with Crippen LogP contribution in [-0.2, 0) is 14.4 Å². The van der Waals surface area contributed by atoms with Crippen LogP contribution in [0, 0.1) is 12.8 Å². The summed E-state index contributed by atoms with van der Waals surface area (Å²) in [6.45, 7) is 1.94. The second-order valence-corrected chi connectivity index (χ2v) is 6.22. The Morgan fingerprint density at radius 3 is 2.44 bits per heavy atom. The lowest BCUT2D eigenvalue weighted by Gasteiger charge is -2.14. The minimum absolute atomic E-state index is 0.0519. The van der Waals surface area contributed by atoms with Gasteiger partial charge in [-0.2, -0.15) is 0 Å². The van der Waals surface area contributed by atoms with Crippen molar-refractivity contribution >= 4 is 29.4 Å². The van der Waals surface area contributed by atoms with Crippen LogP contribution in [0.4, 0.5) is 5.69 Å². The van der Waals surface area contributed by atoms with Crippen molar-refractivity contribution in [3.8, 4) is 0 Å². The van der Waals surface area contributed by atoms with Crippen molar-refractivity contribution < 1.29 is 14.4 Å². The van der Waals surface area contributed by atoms with Gasteiger partial charge in [-0.3, -0.25) is 19.3 Å². The molecule has 0 unspecified atom stereocenters. The van der Waals surface area contributed by atoms with Gasteiger partial charge in [-0.1, -0.05) is 54.1 Å². The normalized spacial score (nSPS) is 17.5. The van der Waals surface area contributed by atoms with E-state index in [2.05, 4.69) is 0 Å². The van der Waals surface area contributed by atoms with Crippen molar-refractivity contribution in [1.29, 1.82) is 0 Å². The molecule has 3 rings (SSSR count). The minimum atomic E-state index is -0.582. The number of allylic oxidation sites excluding steroid dienone is 1. The van der Waals surface area contributed by atoms with Crippen LogP contribution in [-0.4, -0.2) is 17.6 Å². The molecule has 126 valence electrons. The Labute approximate surface area is 146 Å². The number of anilines is 1. The largest absolute Gasteiger partial charge is 0.295 e. The molecule has 1 aliphatic rings. The molecule has 4 nitrogen and oxygen atoms in total. The van der Waals surface area contributed by atoms with E-state index >= 15 is 0 Å². The molecule has 1 atom stereocenters. The summed E-state index contributed by atoms with van der Waals surface area (Å²) < 4.78 is 0. The highest BCUT2D eigenvalue weighted by Gasteiger charge is 2.39. The second kappa shape index (κ2) is 7.26. The Morgan fingerprint density at radius 1 is 1.08 bits per heavy atom. The van der Waals surface area contributed by atoms with E-state index in [4.69, 9.17) is 0 Å². The maximum atomic E-state index is 12.5. The number of aryl methyl sites for hydroxylation is 1. The number of rotatable bonds is 5. The van der Waals surface area contributed by atoms with E-state index in [1.807, 2.05) is 49.4 Å². The molecule has 2 amide bonds. The Balaban J connectivity index is 1.67. The zero-order valence-corrected chi connectivity index (χ0v) is 14.0. The summed E-state index contributed by atoms with van der Waals surface area (Å²) in [4.78, 5) is 38.1. The monoisotopic (exact) mass is 333 g/mol. The molecule has 0 aromatic heterocycles. The van der Waals surface area contributed by atoms with Gasteiger partial charge >= 0.3 is 0 Å². The van der Waals surface area contributed by atoms with Gasteiger partial charge in [0.2, 0.25) is 11.8 Å². The summed E-state index contributed by atoms with van der Waals surface area (Å²) in [6, 6.07) is 16.7. The van der Waals surface area contributed by atoms with Crippen molar-refractivity contribution in [1.82, 2.24) is 0 Å². The van der Waals surface area contributed by atoms with Gasteiger partial charge in [0.15, 0.2) is 5.78 Å². The lowest BCUT2D eigenvalue weighted by Crippen LogP contribution is -2.30. The minimum Gasteiger partial charge on any atom is -0.295 e. The predicted octanol–water partition coefficient (Wildman–Crippen LogP) is 3.55. The van der Waals surface area contributed by atoms with Gasteiger partial charge in [0.05, 0.1) is 11.6 Å². The van der Waals surface area contributed by atoms with Crippen molar-refractivity contribution in [2.75, 3.05) is 4.90 Å². The van der Waals surface area contributed by atoms with Crippen LogP contribution in [0.2, 0.25) is 0 Å². The van der Waals surface area contributed by atoms with Crippen LogP contribution in [0.25, 0.3) is 6.08 Å². The fourth-order valence-electron chi connectivity index (χ4n) is 2.88. The number of carbonyl (C=O) groups excluding carboxylic acids is 3. The number of hydrogen-bond donors (Lipinski definition) is 0. The van der Waals surface area contributed by atoms with Gasteiger partial charge in [0, 0.05) is 12.8 Å². The van der Waals surface area contributed by atoms with Crippen LogP contribution >= 0.6 is 0 Å². The summed E-state index contributed by atoms with van der Waals surface area (Å²) >= 11 is 0. The molecule has 25 heavy (non-hydrogen) atoms. The highest BCUT2D eigenvalue weighted by atomic mass is 16.2. The maximum Gasteiger partial charge on any atom is 0.237 e. The standard InChI is InChI=1S/C21H19NO3/c1-15-7-10-18(11-8-15)22-20(24)14-17(21(22)25)13-19(23)12-9-16-5-3-2-4-6-16/h2-12,17H,13-14H2,1H3/b12-9+/t17-/m0/s1. The van der Waals surface area contributed by atoms with Gasteiger partial charge in [-0.25, -0.2) is 0 Å². The fourth-order valence-corrected chi connectivity index (χ4v) is 2.88. The van der Waals surface area contributed by atoms with E-state index in [1.54, 1.807) is 18.2 Å². The first-order valence-electron chi connectivity index (χ1n) is 8.24. The molecule has 1 aliphatic heterocycles. The van der Waals surface area contributed by atoms with Crippen molar-refractivity contribution in [2.24, 2.45) is 5.92 Å². The van der Waals surface area contributed by atoms with Crippen LogP contribution in [0.5, 0.6) is 0 Å². The SMILES string of the molecule is Cc1ccc(N2C(=O)C[C@H](CC(=O)/C=C/c3ccccc3)C2=O)cc1. The topological polar surface area (TPSA) is 54.5 Å². The first kappa shape index (κ1) is 16.8. The van der Waals surface area contributed by atoms with Crippen molar-refractivity contribution in [3.63, 3.8) is 0 Å². The van der Waals surface area contributed by atoms with Crippen molar-refractivity contribution in [3.05, 3.63) is 71.8 Å². The third-order valence-electron chi connectivity index (χ3n) is 4.24. The number of hydrogen-bond acceptors (Lipinski definition) is 3. The second-order valence-electron chi connectivity index (χ2n) is 6.22. The number of benzene rings is 2. The Kier molecular flexibility index (Phi) is 4.89. The molecular formula is C21H19NO3. The molecule has 1 heterocycles. The first-order valence-corrected chi connectivity index (χ1v) is 8.24. The van der Waals surface area contributed by atoms with E-state index in [-0.39, 0.29) is 30.4 Å². The van der Waals surface area contributed by atoms with Gasteiger partial charge in [0.25, 0.3) is 0 Å². The zero-order valence-electron chi connectivity index (χ0n) is 14.0. The van der Waals surface area contributed by atoms with E-state index in [0.717, 1.165) is 11.1 Å². The molecule has 0 N–H and O–H groups in total. The summed E-state index contributed by atoms with van der Waals surface area (Å²) in [5.74, 6) is -1.28. The summed E-state index contributed by atoms with van der Waals surface area (Å²) in [6.07, 6.45) is 3.33. The third-order valence-corrected chi connectivity index (χ3v) is 4.24. The Morgan fingerprint density at radius 2 is 1.76 bits per heavy atom. The van der Waals surface area contributed by atoms with Crippen LogP contribution < -0.4 is 4.90 Å². The van der Waals surface area contributed by atoms with E-state index in [1.165, 1.54) is 11.0 Å². The quantitative estimate of drug-likeness (QED) is 0.621. The summed E-state index contributed by atoms with van der Waals surface area (Å²) in [5, 5.41) is 0. The Hall–Kier alpha value is -3.01. The molecule has 0 aliphatic carbocycles. The maximum absolute atomic E-state index is 12.5. The highest BCUT2D eigenvalue weighted by molar-refractivity contribution is 6.21. The molecular weight excluding hydrogens is 314 g/mol. The third kappa shape index (κ3) is 3.91. The van der Waals surface area contributed by atoms with Gasteiger partial charge in [-0.05, 0) is 30.7 Å². The molecule has 2 aromatic rings. The first-order chi connectivity index (χ1) is 12.0. The number of imide groups is 1. The fraction of sp³-hybridized carbons (Fsp3) is 0.190. The molecule has 1 saturated heterocycles.